The Morgan fingerprint density at radius 1 is 1.50 bits per heavy atom. The largest absolute Gasteiger partial charge is 0.389 e. The van der Waals surface area contributed by atoms with Crippen molar-refractivity contribution >= 4 is 33.1 Å². The van der Waals surface area contributed by atoms with E-state index in [2.05, 4.69) is 20.9 Å². The third kappa shape index (κ3) is 1.85. The fourth-order valence-corrected chi connectivity index (χ4v) is 2.18. The molecular formula is C10H7BrFN3S. The normalized spacial score (nSPS) is 10.4. The lowest BCUT2D eigenvalue weighted by Crippen LogP contribution is -2.11. The molecule has 0 radical (unpaired) electrons. The van der Waals surface area contributed by atoms with Gasteiger partial charge < -0.3 is 10.3 Å². The zero-order valence-corrected chi connectivity index (χ0v) is 10.4. The predicted molar refractivity (Wildman–Crippen MR) is 67.1 cm³/mol. The standard InChI is InChI=1S/C10H7BrFN3S/c11-8-6(10(13)16)1-2-7(9(8)12)15-4-3-14-5-15/h1-5H,(H2,13,16). The molecule has 82 valence electrons. The summed E-state index contributed by atoms with van der Waals surface area (Å²) in [4.78, 5) is 4.01. The van der Waals surface area contributed by atoms with Gasteiger partial charge in [-0.15, -0.1) is 0 Å². The van der Waals surface area contributed by atoms with Crippen LogP contribution < -0.4 is 5.73 Å². The van der Waals surface area contributed by atoms with Crippen LogP contribution in [-0.4, -0.2) is 14.5 Å². The maximum Gasteiger partial charge on any atom is 0.162 e. The molecule has 1 aromatic heterocycles. The van der Waals surface area contributed by atoms with Crippen LogP contribution in [0, 0.1) is 5.82 Å². The number of hydrogen-bond donors (Lipinski definition) is 1. The molecule has 0 amide bonds. The first-order valence-corrected chi connectivity index (χ1v) is 5.57. The fraction of sp³-hybridized carbons (Fsp3) is 0. The van der Waals surface area contributed by atoms with Crippen molar-refractivity contribution in [3.8, 4) is 5.69 Å². The minimum absolute atomic E-state index is 0.156. The summed E-state index contributed by atoms with van der Waals surface area (Å²) in [6.07, 6.45) is 4.76. The highest BCUT2D eigenvalue weighted by Crippen LogP contribution is 2.25. The highest BCUT2D eigenvalue weighted by molar-refractivity contribution is 9.10. The summed E-state index contributed by atoms with van der Waals surface area (Å²) in [6, 6.07) is 3.28. The van der Waals surface area contributed by atoms with E-state index >= 15 is 0 Å². The lowest BCUT2D eigenvalue weighted by molar-refractivity contribution is 0.611. The molecule has 2 rings (SSSR count). The van der Waals surface area contributed by atoms with Gasteiger partial charge in [-0.1, -0.05) is 12.2 Å². The van der Waals surface area contributed by atoms with Crippen LogP contribution in [0.15, 0.2) is 35.3 Å². The predicted octanol–water partition coefficient (Wildman–Crippen LogP) is 2.41. The molecule has 6 heteroatoms. The quantitative estimate of drug-likeness (QED) is 0.866. The number of aromatic nitrogens is 2. The molecule has 0 unspecified atom stereocenters. The van der Waals surface area contributed by atoms with E-state index in [1.54, 1.807) is 29.1 Å². The molecule has 0 spiro atoms. The molecular weight excluding hydrogens is 293 g/mol. The van der Waals surface area contributed by atoms with Crippen LogP contribution in [-0.2, 0) is 0 Å². The van der Waals surface area contributed by atoms with Gasteiger partial charge >= 0.3 is 0 Å². The van der Waals surface area contributed by atoms with Gasteiger partial charge in [0.05, 0.1) is 16.5 Å². The summed E-state index contributed by atoms with van der Waals surface area (Å²) < 4.78 is 15.8. The van der Waals surface area contributed by atoms with E-state index in [0.29, 0.717) is 11.3 Å². The van der Waals surface area contributed by atoms with E-state index < -0.39 is 5.82 Å². The van der Waals surface area contributed by atoms with Crippen LogP contribution in [0.2, 0.25) is 0 Å². The Morgan fingerprint density at radius 2 is 2.25 bits per heavy atom. The van der Waals surface area contributed by atoms with Gasteiger partial charge in [-0.05, 0) is 28.1 Å². The van der Waals surface area contributed by atoms with E-state index in [-0.39, 0.29) is 9.46 Å². The monoisotopic (exact) mass is 299 g/mol. The zero-order chi connectivity index (χ0) is 11.7. The average Bonchev–Trinajstić information content (AvgIpc) is 2.74. The molecule has 0 aliphatic heterocycles. The van der Waals surface area contributed by atoms with Crippen LogP contribution in [0.4, 0.5) is 4.39 Å². The topological polar surface area (TPSA) is 43.8 Å². The molecule has 0 aliphatic rings. The Bertz CT molecular complexity index is 539. The van der Waals surface area contributed by atoms with Crippen molar-refractivity contribution < 1.29 is 4.39 Å². The van der Waals surface area contributed by atoms with Crippen molar-refractivity contribution in [1.29, 1.82) is 0 Å². The molecule has 0 saturated heterocycles. The van der Waals surface area contributed by atoms with Crippen LogP contribution in [0.25, 0.3) is 5.69 Å². The summed E-state index contributed by atoms with van der Waals surface area (Å²) in [5.41, 5.74) is 6.34. The Labute approximate surface area is 105 Å². The number of hydrogen-bond acceptors (Lipinski definition) is 2. The van der Waals surface area contributed by atoms with Crippen molar-refractivity contribution in [3.63, 3.8) is 0 Å². The van der Waals surface area contributed by atoms with E-state index in [1.165, 1.54) is 6.33 Å². The summed E-state index contributed by atoms with van der Waals surface area (Å²) >= 11 is 7.96. The molecule has 1 heterocycles. The molecule has 2 N–H and O–H groups in total. The summed E-state index contributed by atoms with van der Waals surface area (Å²) in [5, 5.41) is 0. The van der Waals surface area contributed by atoms with Crippen molar-refractivity contribution in [2.75, 3.05) is 0 Å². The van der Waals surface area contributed by atoms with E-state index in [9.17, 15) is 4.39 Å². The Hall–Kier alpha value is -1.27. The van der Waals surface area contributed by atoms with Crippen LogP contribution in [0.5, 0.6) is 0 Å². The first kappa shape index (κ1) is 11.2. The average molecular weight is 300 g/mol. The number of benzene rings is 1. The van der Waals surface area contributed by atoms with Gasteiger partial charge in [0, 0.05) is 18.0 Å². The van der Waals surface area contributed by atoms with Gasteiger partial charge in [0.1, 0.15) is 4.99 Å². The van der Waals surface area contributed by atoms with Crippen molar-refractivity contribution in [3.05, 3.63) is 46.7 Å². The number of nitrogens with zero attached hydrogens (tertiary/aromatic N) is 2. The number of halogens is 2. The molecule has 0 atom stereocenters. The molecule has 0 saturated carbocycles. The first-order valence-electron chi connectivity index (χ1n) is 4.37. The van der Waals surface area contributed by atoms with Crippen molar-refractivity contribution in [2.24, 2.45) is 5.73 Å². The molecule has 0 fully saturated rings. The van der Waals surface area contributed by atoms with Gasteiger partial charge in [-0.2, -0.15) is 0 Å². The first-order chi connectivity index (χ1) is 7.61. The third-order valence-corrected chi connectivity index (χ3v) is 3.11. The van der Waals surface area contributed by atoms with Gasteiger partial charge in [-0.25, -0.2) is 9.37 Å². The van der Waals surface area contributed by atoms with Gasteiger partial charge in [0.25, 0.3) is 0 Å². The van der Waals surface area contributed by atoms with Gasteiger partial charge in [0.2, 0.25) is 0 Å². The molecule has 0 bridgehead atoms. The Balaban J connectivity index is 2.60. The Morgan fingerprint density at radius 3 is 2.81 bits per heavy atom. The van der Waals surface area contributed by atoms with E-state index in [1.807, 2.05) is 0 Å². The summed E-state index contributed by atoms with van der Waals surface area (Å²) in [7, 11) is 0. The minimum atomic E-state index is -0.414. The summed E-state index contributed by atoms with van der Waals surface area (Å²) in [6.45, 7) is 0. The SMILES string of the molecule is NC(=S)c1ccc(-n2ccnc2)c(F)c1Br. The van der Waals surface area contributed by atoms with Gasteiger partial charge in [0.15, 0.2) is 5.82 Å². The molecule has 0 aliphatic carbocycles. The van der Waals surface area contributed by atoms with Crippen molar-refractivity contribution in [1.82, 2.24) is 9.55 Å². The maximum atomic E-state index is 14.0. The van der Waals surface area contributed by atoms with E-state index in [0.717, 1.165) is 0 Å². The lowest BCUT2D eigenvalue weighted by Gasteiger charge is -2.08. The number of imidazole rings is 1. The van der Waals surface area contributed by atoms with Gasteiger partial charge in [-0.3, -0.25) is 0 Å². The fourth-order valence-electron chi connectivity index (χ4n) is 1.33. The number of thiocarbonyl (C=S) groups is 1. The smallest absolute Gasteiger partial charge is 0.162 e. The Kier molecular flexibility index (Phi) is 3.02. The number of rotatable bonds is 2. The maximum absolute atomic E-state index is 14.0. The highest BCUT2D eigenvalue weighted by atomic mass is 79.9. The molecule has 2 aromatic rings. The van der Waals surface area contributed by atoms with Crippen molar-refractivity contribution in [2.45, 2.75) is 0 Å². The van der Waals surface area contributed by atoms with Crippen LogP contribution >= 0.6 is 28.1 Å². The van der Waals surface area contributed by atoms with Crippen LogP contribution in [0.3, 0.4) is 0 Å². The zero-order valence-electron chi connectivity index (χ0n) is 8.02. The molecule has 1 aromatic carbocycles. The minimum Gasteiger partial charge on any atom is -0.389 e. The van der Waals surface area contributed by atoms with E-state index in [4.69, 9.17) is 18.0 Å². The second-order valence-electron chi connectivity index (χ2n) is 3.09. The molecule has 16 heavy (non-hydrogen) atoms. The third-order valence-electron chi connectivity index (χ3n) is 2.11. The number of nitrogens with two attached hydrogens (primary N) is 1. The second-order valence-corrected chi connectivity index (χ2v) is 4.33. The molecule has 3 nitrogen and oxygen atoms in total. The van der Waals surface area contributed by atoms with Crippen LogP contribution in [0.1, 0.15) is 5.56 Å². The highest BCUT2D eigenvalue weighted by Gasteiger charge is 2.13. The summed E-state index contributed by atoms with van der Waals surface area (Å²) in [5.74, 6) is -0.414. The lowest BCUT2D eigenvalue weighted by atomic mass is 10.2. The second kappa shape index (κ2) is 4.31.